The molecule has 2 aromatic rings. The van der Waals surface area contributed by atoms with Gasteiger partial charge in [0, 0.05) is 32.7 Å². The quantitative estimate of drug-likeness (QED) is 0.132. The number of nitrogens with zero attached hydrogens (tertiary/aromatic N) is 1. The van der Waals surface area contributed by atoms with Crippen LogP contribution in [0.25, 0.3) is 0 Å². The zero-order chi connectivity index (χ0) is 72.0. The molecule has 0 radical (unpaired) electrons. The van der Waals surface area contributed by atoms with E-state index in [0.29, 0.717) is 0 Å². The largest absolute Gasteiger partial charge is 0.394 e. The zero-order valence-electron chi connectivity index (χ0n) is 61.4. The number of amides is 1. The lowest BCUT2D eigenvalue weighted by atomic mass is 10.1. The summed E-state index contributed by atoms with van der Waals surface area (Å²) in [4.78, 5) is 92.6. The maximum atomic E-state index is 10.7. The van der Waals surface area contributed by atoms with Crippen molar-refractivity contribution in [3.05, 3.63) is 71.8 Å². The fourth-order valence-corrected chi connectivity index (χ4v) is 3.07. The third-order valence-electron chi connectivity index (χ3n) is 6.51. The summed E-state index contributed by atoms with van der Waals surface area (Å²) in [6.07, 6.45) is 8.41. The lowest BCUT2D eigenvalue weighted by Crippen LogP contribution is -2.33. The Morgan fingerprint density at radius 1 is 0.448 bits per heavy atom. The number of ether oxygens (including phenoxy) is 1. The van der Waals surface area contributed by atoms with Crippen molar-refractivity contribution in [1.82, 2.24) is 35.7 Å². The number of aliphatic hydroxyl groups excluding tert-OH is 1. The first-order valence-electron chi connectivity index (χ1n) is 26.7. The number of rotatable bonds is 5. The van der Waals surface area contributed by atoms with Crippen LogP contribution in [0.2, 0.25) is 0 Å². The third kappa shape index (κ3) is 420. The van der Waals surface area contributed by atoms with Crippen LogP contribution in [-0.2, 0) is 70.3 Å². The number of carbonyl (C=O) groups is 11. The number of likely N-dealkylation sites (tertiary alicyclic amines) is 1. The molecule has 540 valence electrons. The minimum absolute atomic E-state index is 0. The van der Waals surface area contributed by atoms with E-state index in [-0.39, 0.29) is 48.4 Å². The monoisotopic (exact) mass is 1270 g/mol. The Balaban J connectivity index is -0.0000000191. The summed E-state index contributed by atoms with van der Waals surface area (Å²) >= 11 is 0. The molecule has 1 heterocycles. The number of nitrogens with two attached hydrogens (primary N) is 5. The topological polar surface area (TPSA) is 526 Å². The summed E-state index contributed by atoms with van der Waals surface area (Å²) in [5.74, 6) is 2.83. The van der Waals surface area contributed by atoms with E-state index in [4.69, 9.17) is 57.8 Å². The van der Waals surface area contributed by atoms with Crippen LogP contribution >= 0.6 is 0 Å². The molecule has 0 bridgehead atoms. The van der Waals surface area contributed by atoms with E-state index in [9.17, 15) is 4.79 Å². The number of aliphatic hydroxyl groups is 1. The standard InChI is InChI=1S/2C8H10.C7H13NO.C6H14O.2C5H12.C4H10.C3H8O.C2H6.5CH5N.10CH2O.5H3N/c2*1-2-8-6-4-3-5-7-8;1-7(9)8-5-3-2-4-6-8;1-5-7-6(2,3)4;2*1-4-5(2)3;1-4(2)3;1-3(2)4;16*1-2;;;;;/h2*3-7H,2H2,1H3;2-6H2,1H3;5H2,1-4H3;2*5H,4H2,1-3H3;4H,1-3H3;3-4H,1-2H3;1-2H3;5*2H2,1H3;10*1H2;5*1H3. The summed E-state index contributed by atoms with van der Waals surface area (Å²) in [5, 5.41) is 8.06. The summed E-state index contributed by atoms with van der Waals surface area (Å²) < 4.78 is 5.23. The van der Waals surface area contributed by atoms with Crippen LogP contribution < -0.4 is 59.4 Å². The van der Waals surface area contributed by atoms with Gasteiger partial charge in [-0.1, -0.05) is 164 Å². The fourth-order valence-electron chi connectivity index (χ4n) is 3.07. The Morgan fingerprint density at radius 2 is 0.609 bits per heavy atom. The molecule has 24 heteroatoms. The zero-order valence-corrected chi connectivity index (χ0v) is 61.4. The van der Waals surface area contributed by atoms with Crippen LogP contribution in [0.15, 0.2) is 60.7 Å². The molecule has 26 N–H and O–H groups in total. The van der Waals surface area contributed by atoms with E-state index in [1.807, 2.05) is 106 Å². The minimum Gasteiger partial charge on any atom is -0.394 e. The Labute approximate surface area is 538 Å². The molecule has 2 aromatic carbocycles. The smallest absolute Gasteiger partial charge is 0.219 e. The average molecular weight is 1270 g/mol. The highest BCUT2D eigenvalue weighted by Gasteiger charge is 2.11. The predicted octanol–water partition coefficient (Wildman–Crippen LogP) is 11.4. The Hall–Kier alpha value is -5.87. The van der Waals surface area contributed by atoms with Crippen LogP contribution in [0.3, 0.4) is 0 Å². The molecule has 24 nitrogen and oxygen atoms in total. The van der Waals surface area contributed by atoms with Gasteiger partial charge in [-0.25, -0.2) is 0 Å². The van der Waals surface area contributed by atoms with Crippen molar-refractivity contribution in [1.29, 1.82) is 0 Å². The second-order valence-electron chi connectivity index (χ2n) is 15.2. The molecule has 0 aromatic heterocycles. The van der Waals surface area contributed by atoms with Crippen molar-refractivity contribution < 1.29 is 62.6 Å². The van der Waals surface area contributed by atoms with E-state index < -0.39 is 0 Å². The van der Waals surface area contributed by atoms with Crippen molar-refractivity contribution in [2.75, 3.05) is 54.9 Å². The van der Waals surface area contributed by atoms with Gasteiger partial charge in [0.25, 0.3) is 0 Å². The highest BCUT2D eigenvalue weighted by atomic mass is 16.5. The number of benzene rings is 2. The lowest BCUT2D eigenvalue weighted by molar-refractivity contribution is -0.129. The second-order valence-corrected chi connectivity index (χ2v) is 15.2. The number of piperidine rings is 1. The Bertz CT molecular complexity index is 1020. The van der Waals surface area contributed by atoms with Crippen molar-refractivity contribution in [2.24, 2.45) is 46.4 Å². The first-order chi connectivity index (χ1) is 39.2. The predicted molar refractivity (Wildman–Crippen MR) is 385 cm³/mol. The van der Waals surface area contributed by atoms with Crippen LogP contribution in [-0.4, -0.2) is 150 Å². The van der Waals surface area contributed by atoms with E-state index in [0.717, 1.165) is 50.3 Å². The number of aryl methyl sites for hydroxylation is 2. The fraction of sp³-hybridized carbons (Fsp3) is 0.635. The van der Waals surface area contributed by atoms with Gasteiger partial charge in [-0.2, -0.15) is 0 Å². The SMILES string of the molecule is C=O.C=O.C=O.C=O.C=O.C=O.C=O.C=O.C=O.C=O.CC.CC(=O)N1CCCCC1.CC(C)C.CC(C)O.CCC(C)C.CCC(C)C.CCOC(C)(C)C.CCc1ccccc1.CCc1ccccc1.CN.CN.CN.CN.CN.N.N.N.N.N. The van der Waals surface area contributed by atoms with Crippen LogP contribution in [0.1, 0.15) is 182 Å². The van der Waals surface area contributed by atoms with Crippen LogP contribution in [0, 0.1) is 17.8 Å². The second kappa shape index (κ2) is 246. The molecule has 3 rings (SSSR count). The van der Waals surface area contributed by atoms with Gasteiger partial charge in [-0.3, -0.25) is 4.79 Å². The van der Waals surface area contributed by atoms with E-state index in [2.05, 4.69) is 174 Å². The van der Waals surface area contributed by atoms with E-state index in [1.54, 1.807) is 20.8 Å². The van der Waals surface area contributed by atoms with E-state index >= 15 is 0 Å². The molecule has 1 amide bonds. The van der Waals surface area contributed by atoms with Crippen molar-refractivity contribution in [3.8, 4) is 0 Å². The summed E-state index contributed by atoms with van der Waals surface area (Å²) in [6.45, 7) is 64.1. The van der Waals surface area contributed by atoms with Crippen molar-refractivity contribution >= 4 is 73.8 Å². The summed E-state index contributed by atoms with van der Waals surface area (Å²) in [7, 11) is 7.50. The van der Waals surface area contributed by atoms with Gasteiger partial charge in [-0.15, -0.1) is 0 Å². The lowest BCUT2D eigenvalue weighted by Gasteiger charge is -2.24. The Morgan fingerprint density at radius 3 is 0.678 bits per heavy atom. The van der Waals surface area contributed by atoms with Gasteiger partial charge < -0.3 is 122 Å². The van der Waals surface area contributed by atoms with Gasteiger partial charge in [0.2, 0.25) is 5.91 Å². The molecular formula is C63H155N11O13. The first-order valence-corrected chi connectivity index (χ1v) is 26.7. The van der Waals surface area contributed by atoms with Gasteiger partial charge >= 0.3 is 0 Å². The van der Waals surface area contributed by atoms with Crippen LogP contribution in [0.4, 0.5) is 0 Å². The first kappa shape index (κ1) is 171. The maximum absolute atomic E-state index is 10.7. The maximum Gasteiger partial charge on any atom is 0.219 e. The molecule has 1 aliphatic heterocycles. The molecule has 0 aliphatic carbocycles. The molecular weight excluding hydrogens is 1120 g/mol. The molecule has 87 heavy (non-hydrogen) atoms. The number of hydrogen-bond donors (Lipinski definition) is 11. The molecule has 1 fully saturated rings. The summed E-state index contributed by atoms with van der Waals surface area (Å²) in [5.41, 5.74) is 25.4. The van der Waals surface area contributed by atoms with Crippen LogP contribution in [0.5, 0.6) is 0 Å². The van der Waals surface area contributed by atoms with Gasteiger partial charge in [0.05, 0.1) is 5.60 Å². The summed E-state index contributed by atoms with van der Waals surface area (Å²) in [6, 6.07) is 20.9. The van der Waals surface area contributed by atoms with E-state index in [1.165, 1.54) is 78.5 Å². The highest BCUT2D eigenvalue weighted by molar-refractivity contribution is 5.73. The Kier molecular flexibility index (Phi) is 485. The van der Waals surface area contributed by atoms with Crippen molar-refractivity contribution in [2.45, 2.75) is 195 Å². The highest BCUT2D eigenvalue weighted by Crippen LogP contribution is 2.08. The van der Waals surface area contributed by atoms with Crippen molar-refractivity contribution in [3.63, 3.8) is 0 Å². The molecule has 0 atom stereocenters. The number of hydrogen-bond acceptors (Lipinski definition) is 23. The normalized spacial score (nSPS) is 7.51. The molecule has 1 aliphatic rings. The molecule has 0 unspecified atom stereocenters. The minimum atomic E-state index is -0.167. The third-order valence-corrected chi connectivity index (χ3v) is 6.51. The van der Waals surface area contributed by atoms with Gasteiger partial charge in [-0.05, 0) is 138 Å². The van der Waals surface area contributed by atoms with Gasteiger partial charge in [0.15, 0.2) is 0 Å². The van der Waals surface area contributed by atoms with Gasteiger partial charge in [0.1, 0.15) is 67.9 Å². The molecule has 0 saturated carbocycles. The molecule has 1 saturated heterocycles. The number of carbonyl (C=O) groups excluding carboxylic acids is 11. The molecule has 0 spiro atoms. The average Bonchev–Trinajstić information content (AvgIpc) is 3.55.